The lowest BCUT2D eigenvalue weighted by Crippen LogP contribution is -2.44. The summed E-state index contributed by atoms with van der Waals surface area (Å²) >= 11 is 0. The molecular weight excluding hydrogens is 318 g/mol. The summed E-state index contributed by atoms with van der Waals surface area (Å²) < 4.78 is 7.22. The fourth-order valence-electron chi connectivity index (χ4n) is 2.53. The van der Waals surface area contributed by atoms with Crippen molar-refractivity contribution >= 4 is 0 Å². The molecule has 2 N–H and O–H groups in total. The number of H-pyrrole nitrogens is 1. The Kier molecular flexibility index (Phi) is 7.16. The Hall–Kier alpha value is -2.18. The first kappa shape index (κ1) is 19.1. The molecule has 0 aliphatic carbocycles. The van der Waals surface area contributed by atoms with Crippen LogP contribution in [0.2, 0.25) is 0 Å². The third-order valence-electron chi connectivity index (χ3n) is 3.91. The van der Waals surface area contributed by atoms with E-state index in [-0.39, 0.29) is 16.8 Å². The van der Waals surface area contributed by atoms with Crippen molar-refractivity contribution in [1.29, 1.82) is 0 Å². The van der Waals surface area contributed by atoms with Crippen molar-refractivity contribution in [3.63, 3.8) is 0 Å². The molecule has 0 aliphatic rings. The topological polar surface area (TPSA) is 76.1 Å². The van der Waals surface area contributed by atoms with E-state index < -0.39 is 0 Å². The number of hydrogen-bond acceptors (Lipinski definition) is 4. The summed E-state index contributed by atoms with van der Waals surface area (Å²) in [7, 11) is 0. The lowest BCUT2D eigenvalue weighted by Gasteiger charge is -2.26. The average Bonchev–Trinajstić information content (AvgIpc) is 2.57. The van der Waals surface area contributed by atoms with Crippen LogP contribution < -0.4 is 16.6 Å². The number of aryl methyl sites for hydroxylation is 1. The second kappa shape index (κ2) is 9.34. The Morgan fingerprint density at radius 2 is 1.92 bits per heavy atom. The van der Waals surface area contributed by atoms with Crippen LogP contribution in [-0.4, -0.2) is 34.8 Å². The summed E-state index contributed by atoms with van der Waals surface area (Å²) in [6.45, 7) is 6.82. The van der Waals surface area contributed by atoms with Crippen molar-refractivity contribution in [3.8, 4) is 0 Å². The van der Waals surface area contributed by atoms with Gasteiger partial charge < -0.3 is 14.6 Å². The maximum atomic E-state index is 11.6. The zero-order valence-electron chi connectivity index (χ0n) is 15.0. The predicted molar refractivity (Wildman–Crippen MR) is 99.0 cm³/mol. The Morgan fingerprint density at radius 1 is 1.16 bits per heavy atom. The van der Waals surface area contributed by atoms with Gasteiger partial charge in [0.25, 0.3) is 5.56 Å². The number of aromatic amines is 1. The third-order valence-corrected chi connectivity index (χ3v) is 3.91. The Bertz CT molecular complexity index is 750. The second-order valence-electron chi connectivity index (χ2n) is 6.76. The molecule has 2 rings (SSSR count). The molecule has 6 heteroatoms. The predicted octanol–water partition coefficient (Wildman–Crippen LogP) is 1.55. The van der Waals surface area contributed by atoms with Crippen LogP contribution >= 0.6 is 0 Å². The van der Waals surface area contributed by atoms with Gasteiger partial charge in [-0.3, -0.25) is 9.78 Å². The van der Waals surface area contributed by atoms with Crippen molar-refractivity contribution < 1.29 is 4.74 Å². The van der Waals surface area contributed by atoms with Crippen LogP contribution in [0.1, 0.15) is 25.8 Å². The van der Waals surface area contributed by atoms with E-state index in [4.69, 9.17) is 4.74 Å². The van der Waals surface area contributed by atoms with Crippen LogP contribution in [0.25, 0.3) is 0 Å². The van der Waals surface area contributed by atoms with Gasteiger partial charge in [0.1, 0.15) is 0 Å². The van der Waals surface area contributed by atoms with Crippen LogP contribution in [0.4, 0.5) is 0 Å². The van der Waals surface area contributed by atoms with E-state index in [0.29, 0.717) is 26.2 Å². The van der Waals surface area contributed by atoms with Crippen molar-refractivity contribution in [2.75, 3.05) is 19.8 Å². The molecule has 1 aromatic carbocycles. The molecule has 0 saturated carbocycles. The molecule has 1 aromatic heterocycles. The van der Waals surface area contributed by atoms with Gasteiger partial charge in [0.2, 0.25) is 0 Å². The average molecular weight is 345 g/mol. The molecular formula is C19H27N3O3. The summed E-state index contributed by atoms with van der Waals surface area (Å²) in [5.41, 5.74) is 0.457. The summed E-state index contributed by atoms with van der Waals surface area (Å²) in [4.78, 5) is 24.8. The zero-order valence-corrected chi connectivity index (χ0v) is 15.0. The molecule has 0 radical (unpaired) electrons. The zero-order chi connectivity index (χ0) is 18.1. The summed E-state index contributed by atoms with van der Waals surface area (Å²) in [5.74, 6) is 0. The normalized spacial score (nSPS) is 11.6. The number of ether oxygens (including phenoxy) is 1. The lowest BCUT2D eigenvalue weighted by atomic mass is 10.1. The first-order chi connectivity index (χ1) is 12.0. The minimum Gasteiger partial charge on any atom is -0.379 e. The van der Waals surface area contributed by atoms with E-state index in [0.717, 1.165) is 13.0 Å². The van der Waals surface area contributed by atoms with Gasteiger partial charge in [-0.2, -0.15) is 0 Å². The molecule has 0 unspecified atom stereocenters. The van der Waals surface area contributed by atoms with Crippen molar-refractivity contribution in [2.45, 2.75) is 38.8 Å². The first-order valence-corrected chi connectivity index (χ1v) is 8.63. The van der Waals surface area contributed by atoms with Crippen LogP contribution in [-0.2, 0) is 17.7 Å². The van der Waals surface area contributed by atoms with E-state index in [1.807, 2.05) is 6.07 Å². The minimum absolute atomic E-state index is 0.108. The van der Waals surface area contributed by atoms with Crippen molar-refractivity contribution in [3.05, 3.63) is 69.0 Å². The van der Waals surface area contributed by atoms with Gasteiger partial charge >= 0.3 is 5.69 Å². The summed E-state index contributed by atoms with van der Waals surface area (Å²) in [6.07, 6.45) is 3.21. The van der Waals surface area contributed by atoms with E-state index in [9.17, 15) is 9.59 Å². The fourth-order valence-corrected chi connectivity index (χ4v) is 2.53. The summed E-state index contributed by atoms with van der Waals surface area (Å²) in [6, 6.07) is 11.7. The van der Waals surface area contributed by atoms with E-state index in [1.54, 1.807) is 0 Å². The highest BCUT2D eigenvalue weighted by atomic mass is 16.5. The standard InChI is InChI=1S/C19H27N3O3/c1-19(2,20-11-9-16-7-4-3-5-8-16)15-25-14-6-12-22-13-10-17(23)21-18(22)24/h3-5,7-8,10,13,20H,6,9,11-12,14-15H2,1-2H3,(H,21,23,24). The molecule has 0 atom stereocenters. The third kappa shape index (κ3) is 7.07. The molecule has 0 saturated heterocycles. The smallest absolute Gasteiger partial charge is 0.328 e. The number of hydrogen-bond donors (Lipinski definition) is 2. The van der Waals surface area contributed by atoms with E-state index in [1.165, 1.54) is 22.4 Å². The van der Waals surface area contributed by atoms with Crippen molar-refractivity contribution in [1.82, 2.24) is 14.9 Å². The molecule has 0 amide bonds. The lowest BCUT2D eigenvalue weighted by molar-refractivity contribution is 0.0790. The second-order valence-corrected chi connectivity index (χ2v) is 6.76. The number of nitrogens with one attached hydrogen (secondary N) is 2. The molecule has 0 fully saturated rings. The molecule has 25 heavy (non-hydrogen) atoms. The molecule has 0 aliphatic heterocycles. The molecule has 136 valence electrons. The van der Waals surface area contributed by atoms with Gasteiger partial charge in [-0.05, 0) is 38.8 Å². The van der Waals surface area contributed by atoms with Crippen LogP contribution in [0.3, 0.4) is 0 Å². The van der Waals surface area contributed by atoms with Crippen LogP contribution in [0.5, 0.6) is 0 Å². The van der Waals surface area contributed by atoms with Gasteiger partial charge in [0.15, 0.2) is 0 Å². The number of aromatic nitrogens is 2. The van der Waals surface area contributed by atoms with Gasteiger partial charge in [0.05, 0.1) is 6.61 Å². The summed E-state index contributed by atoms with van der Waals surface area (Å²) in [5, 5.41) is 3.51. The minimum atomic E-state index is -0.379. The molecule has 0 bridgehead atoms. The van der Waals surface area contributed by atoms with Gasteiger partial charge in [-0.15, -0.1) is 0 Å². The molecule has 1 heterocycles. The molecule has 6 nitrogen and oxygen atoms in total. The van der Waals surface area contributed by atoms with Gasteiger partial charge in [-0.1, -0.05) is 30.3 Å². The Labute approximate surface area is 147 Å². The highest BCUT2D eigenvalue weighted by Gasteiger charge is 2.16. The van der Waals surface area contributed by atoms with Crippen LogP contribution in [0.15, 0.2) is 52.2 Å². The number of nitrogens with zero attached hydrogens (tertiary/aromatic N) is 1. The monoisotopic (exact) mass is 345 g/mol. The van der Waals surface area contributed by atoms with E-state index in [2.05, 4.69) is 48.4 Å². The molecule has 2 aromatic rings. The molecule has 0 spiro atoms. The Morgan fingerprint density at radius 3 is 2.64 bits per heavy atom. The fraction of sp³-hybridized carbons (Fsp3) is 0.474. The quantitative estimate of drug-likeness (QED) is 0.641. The SMILES string of the molecule is CC(C)(COCCCn1ccc(=O)[nH]c1=O)NCCc1ccccc1. The number of rotatable bonds is 10. The highest BCUT2D eigenvalue weighted by Crippen LogP contribution is 2.05. The van der Waals surface area contributed by atoms with Gasteiger partial charge in [-0.25, -0.2) is 4.79 Å². The first-order valence-electron chi connectivity index (χ1n) is 8.63. The largest absolute Gasteiger partial charge is 0.379 e. The maximum Gasteiger partial charge on any atom is 0.328 e. The van der Waals surface area contributed by atoms with Gasteiger partial charge in [0, 0.05) is 31.0 Å². The van der Waals surface area contributed by atoms with E-state index >= 15 is 0 Å². The maximum absolute atomic E-state index is 11.6. The van der Waals surface area contributed by atoms with Crippen molar-refractivity contribution in [2.24, 2.45) is 0 Å². The number of benzene rings is 1. The Balaban J connectivity index is 1.62. The van der Waals surface area contributed by atoms with Crippen LogP contribution in [0, 0.1) is 0 Å². The highest BCUT2D eigenvalue weighted by molar-refractivity contribution is 5.14.